The number of halogens is 1. The number of rotatable bonds is 9. The number of hydrogen-bond acceptors (Lipinski definition) is 9. The molecule has 39 heavy (non-hydrogen) atoms. The van der Waals surface area contributed by atoms with E-state index >= 15 is 4.39 Å². The van der Waals surface area contributed by atoms with E-state index in [1.165, 1.54) is 18.7 Å². The molecule has 6 rings (SSSR count). The number of benzene rings is 1. The molecule has 1 aromatic carbocycles. The highest BCUT2D eigenvalue weighted by atomic mass is 19.1. The number of amides is 1. The molecule has 0 saturated carbocycles. The lowest BCUT2D eigenvalue weighted by atomic mass is 9.88. The van der Waals surface area contributed by atoms with Gasteiger partial charge in [-0.3, -0.25) is 9.69 Å². The number of carbonyl (C=O) groups excluding carboxylic acids is 1. The molecule has 2 unspecified atom stereocenters. The Morgan fingerprint density at radius 2 is 1.97 bits per heavy atom. The molecule has 3 aliphatic rings. The quantitative estimate of drug-likeness (QED) is 0.307. The van der Waals surface area contributed by atoms with Crippen LogP contribution in [0.2, 0.25) is 0 Å². The highest BCUT2D eigenvalue weighted by Crippen LogP contribution is 2.35. The SMILES string of the molecule is C=CCNC(=O)c1cnc(Nc2ccc(N3CC4CC(C3)N4C)c(F)c2)nc1Nc1cccc(C(C)(C)O)n1. The lowest BCUT2D eigenvalue weighted by Crippen LogP contribution is -2.67. The Bertz CT molecular complexity index is 1380. The van der Waals surface area contributed by atoms with Crippen molar-refractivity contribution >= 4 is 34.9 Å². The lowest BCUT2D eigenvalue weighted by Gasteiger charge is -2.55. The van der Waals surface area contributed by atoms with Crippen molar-refractivity contribution in [2.75, 3.05) is 42.2 Å². The van der Waals surface area contributed by atoms with E-state index in [9.17, 15) is 9.90 Å². The number of aliphatic hydroxyl groups is 1. The number of piperazine rings is 1. The molecular formula is C28H33FN8O2. The van der Waals surface area contributed by atoms with Crippen molar-refractivity contribution in [2.24, 2.45) is 0 Å². The van der Waals surface area contributed by atoms with Gasteiger partial charge in [0, 0.05) is 43.6 Å². The summed E-state index contributed by atoms with van der Waals surface area (Å²) in [6, 6.07) is 11.1. The molecule has 10 nitrogen and oxygen atoms in total. The molecule has 3 saturated heterocycles. The largest absolute Gasteiger partial charge is 0.384 e. The number of anilines is 5. The first kappa shape index (κ1) is 26.5. The first-order chi connectivity index (χ1) is 18.6. The Morgan fingerprint density at radius 1 is 1.21 bits per heavy atom. The van der Waals surface area contributed by atoms with Gasteiger partial charge in [0.25, 0.3) is 5.91 Å². The van der Waals surface area contributed by atoms with Gasteiger partial charge in [-0.1, -0.05) is 12.1 Å². The number of pyridine rings is 1. The van der Waals surface area contributed by atoms with Crippen LogP contribution in [0.5, 0.6) is 0 Å². The Morgan fingerprint density at radius 3 is 2.64 bits per heavy atom. The lowest BCUT2D eigenvalue weighted by molar-refractivity contribution is 0.0261. The second-order valence-electron chi connectivity index (χ2n) is 10.5. The van der Waals surface area contributed by atoms with Gasteiger partial charge < -0.3 is 26.0 Å². The number of carbonyl (C=O) groups is 1. The van der Waals surface area contributed by atoms with E-state index in [0.717, 1.165) is 13.1 Å². The van der Waals surface area contributed by atoms with Crippen molar-refractivity contribution in [3.8, 4) is 0 Å². The molecule has 3 fully saturated rings. The fourth-order valence-corrected chi connectivity index (χ4v) is 4.89. The average Bonchev–Trinajstić information content (AvgIpc) is 2.91. The van der Waals surface area contributed by atoms with Crippen molar-refractivity contribution in [3.63, 3.8) is 0 Å². The van der Waals surface area contributed by atoms with E-state index in [-0.39, 0.29) is 29.7 Å². The second kappa shape index (κ2) is 10.6. The molecule has 2 bridgehead atoms. The number of nitrogens with one attached hydrogen (secondary N) is 3. The number of aromatic nitrogens is 3. The van der Waals surface area contributed by atoms with Gasteiger partial charge in [0.05, 0.1) is 11.4 Å². The van der Waals surface area contributed by atoms with E-state index in [1.807, 2.05) is 0 Å². The molecule has 0 aliphatic carbocycles. The van der Waals surface area contributed by atoms with E-state index < -0.39 is 11.5 Å². The maximum absolute atomic E-state index is 15.1. The summed E-state index contributed by atoms with van der Waals surface area (Å²) in [6.45, 7) is 8.79. The third-order valence-electron chi connectivity index (χ3n) is 7.17. The number of piperidine rings is 1. The molecule has 204 valence electrons. The van der Waals surface area contributed by atoms with Crippen LogP contribution in [-0.4, -0.2) is 69.6 Å². The molecule has 0 radical (unpaired) electrons. The van der Waals surface area contributed by atoms with Gasteiger partial charge in [0.1, 0.15) is 28.6 Å². The summed E-state index contributed by atoms with van der Waals surface area (Å²) in [6.07, 6.45) is 4.12. The zero-order valence-electron chi connectivity index (χ0n) is 22.3. The summed E-state index contributed by atoms with van der Waals surface area (Å²) in [5.41, 5.74) is 0.547. The highest BCUT2D eigenvalue weighted by molar-refractivity contribution is 5.99. The zero-order chi connectivity index (χ0) is 27.7. The Hall–Kier alpha value is -4.09. The zero-order valence-corrected chi connectivity index (χ0v) is 22.3. The summed E-state index contributed by atoms with van der Waals surface area (Å²) in [5.74, 6) is 0.0313. The molecule has 2 aromatic heterocycles. The summed E-state index contributed by atoms with van der Waals surface area (Å²) in [4.78, 5) is 30.4. The third-order valence-corrected chi connectivity index (χ3v) is 7.17. The van der Waals surface area contributed by atoms with E-state index in [4.69, 9.17) is 0 Å². The van der Waals surface area contributed by atoms with Gasteiger partial charge in [-0.15, -0.1) is 6.58 Å². The summed E-state index contributed by atoms with van der Waals surface area (Å²) in [5, 5.41) is 19.2. The molecule has 4 N–H and O–H groups in total. The number of nitrogens with zero attached hydrogens (tertiary/aromatic N) is 5. The summed E-state index contributed by atoms with van der Waals surface area (Å²) in [7, 11) is 2.12. The van der Waals surface area contributed by atoms with Crippen LogP contribution >= 0.6 is 0 Å². The topological polar surface area (TPSA) is 119 Å². The molecule has 1 amide bonds. The molecule has 3 aliphatic heterocycles. The fourth-order valence-electron chi connectivity index (χ4n) is 4.89. The van der Waals surface area contributed by atoms with E-state index in [1.54, 1.807) is 50.3 Å². The second-order valence-corrected chi connectivity index (χ2v) is 10.5. The molecule has 11 heteroatoms. The first-order valence-corrected chi connectivity index (χ1v) is 12.9. The Kier molecular flexibility index (Phi) is 7.19. The summed E-state index contributed by atoms with van der Waals surface area (Å²) < 4.78 is 15.1. The number of fused-ring (bicyclic) bond motifs is 2. The van der Waals surface area contributed by atoms with Gasteiger partial charge in [-0.25, -0.2) is 14.4 Å². The van der Waals surface area contributed by atoms with Crippen molar-refractivity contribution in [2.45, 2.75) is 38.0 Å². The highest BCUT2D eigenvalue weighted by Gasteiger charge is 2.42. The van der Waals surface area contributed by atoms with Crippen LogP contribution in [-0.2, 0) is 5.60 Å². The monoisotopic (exact) mass is 532 g/mol. The van der Waals surface area contributed by atoms with Gasteiger partial charge in [0.2, 0.25) is 5.95 Å². The molecule has 2 atom stereocenters. The smallest absolute Gasteiger partial charge is 0.256 e. The Labute approximate surface area is 227 Å². The van der Waals surface area contributed by atoms with Crippen molar-refractivity contribution in [1.29, 1.82) is 0 Å². The van der Waals surface area contributed by atoms with Gasteiger partial charge in [-0.05, 0) is 57.6 Å². The van der Waals surface area contributed by atoms with Crippen molar-refractivity contribution < 1.29 is 14.3 Å². The van der Waals surface area contributed by atoms with E-state index in [2.05, 4.69) is 54.3 Å². The van der Waals surface area contributed by atoms with Crippen LogP contribution in [0.1, 0.15) is 36.3 Å². The maximum Gasteiger partial charge on any atom is 0.256 e. The van der Waals surface area contributed by atoms with Gasteiger partial charge in [0.15, 0.2) is 0 Å². The molecule has 0 spiro atoms. The predicted octanol–water partition coefficient (Wildman–Crippen LogP) is 3.53. The van der Waals surface area contributed by atoms with Crippen molar-refractivity contribution in [3.05, 3.63) is 72.3 Å². The predicted molar refractivity (Wildman–Crippen MR) is 149 cm³/mol. The van der Waals surface area contributed by atoms with Crippen LogP contribution in [0.3, 0.4) is 0 Å². The minimum Gasteiger partial charge on any atom is -0.384 e. The van der Waals surface area contributed by atoms with Crippen LogP contribution in [0, 0.1) is 5.82 Å². The number of hydrogen-bond donors (Lipinski definition) is 4. The van der Waals surface area contributed by atoms with Crippen LogP contribution < -0.4 is 20.9 Å². The van der Waals surface area contributed by atoms with Crippen LogP contribution in [0.25, 0.3) is 0 Å². The van der Waals surface area contributed by atoms with Gasteiger partial charge >= 0.3 is 0 Å². The fraction of sp³-hybridized carbons (Fsp3) is 0.357. The van der Waals surface area contributed by atoms with Crippen molar-refractivity contribution in [1.82, 2.24) is 25.2 Å². The summed E-state index contributed by atoms with van der Waals surface area (Å²) >= 11 is 0. The Balaban J connectivity index is 1.38. The minimum absolute atomic E-state index is 0.171. The molecule has 3 aromatic rings. The van der Waals surface area contributed by atoms with E-state index in [0.29, 0.717) is 35.0 Å². The molecular weight excluding hydrogens is 499 g/mol. The minimum atomic E-state index is -1.15. The van der Waals surface area contributed by atoms with Crippen LogP contribution in [0.15, 0.2) is 55.3 Å². The van der Waals surface area contributed by atoms with Crippen LogP contribution in [0.4, 0.5) is 33.3 Å². The normalized spacial score (nSPS) is 18.7. The standard InChI is InChI=1S/C28H33FN8O2/c1-5-11-30-26(38)20-14-31-27(35-25(20)34-24-8-6-7-23(33-24)28(2,3)39)32-17-9-10-22(21(29)12-17)37-15-18-13-19(16-37)36(18)4/h5-10,12,14,18-19,39H,1,11,13,15-16H2,2-4H3,(H,30,38)(H2,31,32,33,34,35). The van der Waals surface area contributed by atoms with Gasteiger partial charge in [-0.2, -0.15) is 4.98 Å². The first-order valence-electron chi connectivity index (χ1n) is 12.9. The third kappa shape index (κ3) is 5.69. The average molecular weight is 533 g/mol. The molecule has 5 heterocycles. The maximum atomic E-state index is 15.1. The number of likely N-dealkylation sites (N-methyl/N-ethyl adjacent to an activating group) is 1.